The van der Waals surface area contributed by atoms with Gasteiger partial charge >= 0.3 is 0 Å². The van der Waals surface area contributed by atoms with Crippen LogP contribution in [-0.4, -0.2) is 47.1 Å². The van der Waals surface area contributed by atoms with Crippen LogP contribution in [0.2, 0.25) is 0 Å². The van der Waals surface area contributed by atoms with Crippen molar-refractivity contribution < 1.29 is 9.59 Å². The zero-order valence-corrected chi connectivity index (χ0v) is 16.7. The van der Waals surface area contributed by atoms with E-state index in [9.17, 15) is 9.59 Å². The number of nitrogens with zero attached hydrogens (tertiary/aromatic N) is 3. The van der Waals surface area contributed by atoms with Crippen LogP contribution < -0.4 is 4.90 Å². The number of aryl methyl sites for hydroxylation is 1. The van der Waals surface area contributed by atoms with E-state index < -0.39 is 0 Å². The van der Waals surface area contributed by atoms with Crippen molar-refractivity contribution >= 4 is 29.3 Å². The predicted molar refractivity (Wildman–Crippen MR) is 109 cm³/mol. The fourth-order valence-electron chi connectivity index (χ4n) is 3.26. The zero-order chi connectivity index (χ0) is 19.2. The van der Waals surface area contributed by atoms with Crippen LogP contribution in [0.3, 0.4) is 0 Å². The quantitative estimate of drug-likeness (QED) is 0.713. The highest BCUT2D eigenvalue weighted by atomic mass is 32.2. The van der Waals surface area contributed by atoms with E-state index in [-0.39, 0.29) is 11.8 Å². The topological polar surface area (TPSA) is 53.5 Å². The second kappa shape index (κ2) is 9.04. The first-order valence-electron chi connectivity index (χ1n) is 9.34. The first-order chi connectivity index (χ1) is 13.1. The van der Waals surface area contributed by atoms with Crippen LogP contribution in [0.5, 0.6) is 0 Å². The lowest BCUT2D eigenvalue weighted by atomic mass is 10.2. The molecule has 0 N–H and O–H groups in total. The molecule has 0 unspecified atom stereocenters. The molecule has 27 heavy (non-hydrogen) atoms. The maximum Gasteiger partial charge on any atom is 0.255 e. The summed E-state index contributed by atoms with van der Waals surface area (Å²) in [6.45, 7) is 6.27. The van der Waals surface area contributed by atoms with Gasteiger partial charge in [0, 0.05) is 31.5 Å². The van der Waals surface area contributed by atoms with E-state index in [2.05, 4.69) is 4.98 Å². The van der Waals surface area contributed by atoms with Gasteiger partial charge in [0.1, 0.15) is 0 Å². The van der Waals surface area contributed by atoms with Gasteiger partial charge in [0.05, 0.1) is 16.3 Å². The predicted octanol–water partition coefficient (Wildman–Crippen LogP) is 3.77. The summed E-state index contributed by atoms with van der Waals surface area (Å²) in [4.78, 5) is 33.1. The van der Waals surface area contributed by atoms with E-state index in [0.717, 1.165) is 42.2 Å². The molecular weight excluding hydrogens is 358 g/mol. The Balaban J connectivity index is 1.59. The molecule has 1 aromatic heterocycles. The molecule has 6 heteroatoms. The maximum absolute atomic E-state index is 12.7. The van der Waals surface area contributed by atoms with Crippen molar-refractivity contribution in [2.75, 3.05) is 30.3 Å². The lowest BCUT2D eigenvalue weighted by molar-refractivity contribution is -0.116. The van der Waals surface area contributed by atoms with E-state index >= 15 is 0 Å². The Hall–Kier alpha value is -2.34. The van der Waals surface area contributed by atoms with E-state index in [4.69, 9.17) is 0 Å². The number of rotatable bonds is 6. The van der Waals surface area contributed by atoms with Gasteiger partial charge in [0.15, 0.2) is 0 Å². The molecule has 1 aliphatic heterocycles. The smallest absolute Gasteiger partial charge is 0.255 e. The van der Waals surface area contributed by atoms with Gasteiger partial charge in [-0.25, -0.2) is 4.98 Å². The molecule has 1 aromatic carbocycles. The average Bonchev–Trinajstić information content (AvgIpc) is 3.23. The summed E-state index contributed by atoms with van der Waals surface area (Å²) >= 11 is 1.40. The van der Waals surface area contributed by atoms with Gasteiger partial charge in [-0.1, -0.05) is 30.0 Å². The molecule has 0 atom stereocenters. The van der Waals surface area contributed by atoms with E-state index in [1.165, 1.54) is 11.8 Å². The van der Waals surface area contributed by atoms with Crippen molar-refractivity contribution in [2.24, 2.45) is 0 Å². The first kappa shape index (κ1) is 19.4. The molecule has 2 aromatic rings. The van der Waals surface area contributed by atoms with E-state index in [0.29, 0.717) is 17.9 Å². The fourth-order valence-corrected chi connectivity index (χ4v) is 3.97. The molecule has 3 rings (SSSR count). The van der Waals surface area contributed by atoms with Crippen LogP contribution in [0, 0.1) is 6.92 Å². The molecular formula is C21H25N3O2S. The minimum absolute atomic E-state index is 0.0457. The Labute approximate surface area is 164 Å². The second-order valence-corrected chi connectivity index (χ2v) is 7.59. The molecule has 0 radical (unpaired) electrons. The number of carbonyl (C=O) groups excluding carboxylic acids is 2. The molecule has 0 saturated carbocycles. The van der Waals surface area contributed by atoms with Crippen molar-refractivity contribution in [3.8, 4) is 0 Å². The Morgan fingerprint density at radius 3 is 2.52 bits per heavy atom. The number of hydrogen-bond donors (Lipinski definition) is 0. The second-order valence-electron chi connectivity index (χ2n) is 6.60. The van der Waals surface area contributed by atoms with Crippen LogP contribution >= 0.6 is 11.8 Å². The third kappa shape index (κ3) is 4.69. The van der Waals surface area contributed by atoms with Gasteiger partial charge in [0.2, 0.25) is 5.91 Å². The van der Waals surface area contributed by atoms with Gasteiger partial charge in [-0.2, -0.15) is 0 Å². The van der Waals surface area contributed by atoms with Crippen LogP contribution in [0.1, 0.15) is 35.7 Å². The van der Waals surface area contributed by atoms with E-state index in [1.807, 2.05) is 49.1 Å². The number of likely N-dealkylation sites (tertiary alicyclic amines) is 1. The van der Waals surface area contributed by atoms with Gasteiger partial charge in [-0.3, -0.25) is 9.59 Å². The molecule has 142 valence electrons. The maximum atomic E-state index is 12.7. The summed E-state index contributed by atoms with van der Waals surface area (Å²) in [5, 5.41) is 0.752. The lowest BCUT2D eigenvalue weighted by Crippen LogP contribution is -2.32. The van der Waals surface area contributed by atoms with Gasteiger partial charge in [0.25, 0.3) is 5.91 Å². The summed E-state index contributed by atoms with van der Waals surface area (Å²) < 4.78 is 0. The Morgan fingerprint density at radius 1 is 1.15 bits per heavy atom. The summed E-state index contributed by atoms with van der Waals surface area (Å²) in [5.41, 5.74) is 2.65. The molecule has 1 aliphatic rings. The lowest BCUT2D eigenvalue weighted by Gasteiger charge is -2.22. The summed E-state index contributed by atoms with van der Waals surface area (Å²) in [6, 6.07) is 11.5. The molecule has 2 heterocycles. The highest BCUT2D eigenvalue weighted by Gasteiger charge is 2.20. The number of amides is 2. The van der Waals surface area contributed by atoms with Crippen molar-refractivity contribution in [1.29, 1.82) is 0 Å². The number of carbonyl (C=O) groups is 2. The number of thioether (sulfide) groups is 1. The number of hydrogen-bond acceptors (Lipinski definition) is 4. The number of anilines is 1. The SMILES string of the molecule is CCN(C(=O)CSc1ccc(C(=O)N2CCCC2)cn1)c1ccccc1C. The van der Waals surface area contributed by atoms with Gasteiger partial charge in [-0.15, -0.1) is 0 Å². The van der Waals surface area contributed by atoms with Crippen LogP contribution in [0.25, 0.3) is 0 Å². The first-order valence-corrected chi connectivity index (χ1v) is 10.3. The molecule has 2 amide bonds. The van der Waals surface area contributed by atoms with Crippen LogP contribution in [0.4, 0.5) is 5.69 Å². The van der Waals surface area contributed by atoms with Crippen molar-refractivity contribution in [2.45, 2.75) is 31.7 Å². The molecule has 0 bridgehead atoms. The molecule has 0 spiro atoms. The summed E-state index contributed by atoms with van der Waals surface area (Å²) in [5.74, 6) is 0.411. The van der Waals surface area contributed by atoms with Crippen molar-refractivity contribution in [1.82, 2.24) is 9.88 Å². The molecule has 0 aliphatic carbocycles. The number of benzene rings is 1. The third-order valence-corrected chi connectivity index (χ3v) is 5.67. The largest absolute Gasteiger partial charge is 0.339 e. The monoisotopic (exact) mass is 383 g/mol. The van der Waals surface area contributed by atoms with E-state index in [1.54, 1.807) is 17.2 Å². The molecule has 1 fully saturated rings. The van der Waals surface area contributed by atoms with Crippen LogP contribution in [0.15, 0.2) is 47.6 Å². The Kier molecular flexibility index (Phi) is 6.50. The number of para-hydroxylation sites is 1. The Bertz CT molecular complexity index is 801. The zero-order valence-electron chi connectivity index (χ0n) is 15.9. The normalized spacial score (nSPS) is 13.6. The van der Waals surface area contributed by atoms with Crippen molar-refractivity contribution in [3.63, 3.8) is 0 Å². The molecule has 1 saturated heterocycles. The van der Waals surface area contributed by atoms with Crippen LogP contribution in [-0.2, 0) is 4.79 Å². The molecule has 5 nitrogen and oxygen atoms in total. The minimum atomic E-state index is 0.0457. The number of pyridine rings is 1. The van der Waals surface area contributed by atoms with Crippen molar-refractivity contribution in [3.05, 3.63) is 53.7 Å². The van der Waals surface area contributed by atoms with Gasteiger partial charge < -0.3 is 9.80 Å². The standard InChI is InChI=1S/C21H25N3O2S/c1-3-24(18-9-5-4-8-16(18)2)20(25)15-27-19-11-10-17(14-22-19)21(26)23-12-6-7-13-23/h4-5,8-11,14H,3,6-7,12-13,15H2,1-2H3. The fraction of sp³-hybridized carbons (Fsp3) is 0.381. The number of aromatic nitrogens is 1. The van der Waals surface area contributed by atoms with Gasteiger partial charge in [-0.05, 0) is 50.5 Å². The summed E-state index contributed by atoms with van der Waals surface area (Å²) in [6.07, 6.45) is 3.76. The highest BCUT2D eigenvalue weighted by Crippen LogP contribution is 2.22. The third-order valence-electron chi connectivity index (χ3n) is 4.74. The average molecular weight is 384 g/mol. The highest BCUT2D eigenvalue weighted by molar-refractivity contribution is 7.99. The summed E-state index contributed by atoms with van der Waals surface area (Å²) in [7, 11) is 0. The Morgan fingerprint density at radius 2 is 1.89 bits per heavy atom. The minimum Gasteiger partial charge on any atom is -0.339 e.